The van der Waals surface area contributed by atoms with Gasteiger partial charge in [-0.1, -0.05) is 6.07 Å². The van der Waals surface area contributed by atoms with Crippen molar-refractivity contribution >= 4 is 21.6 Å². The number of carbonyl (C=O) groups is 1. The number of hydrogen-bond donors (Lipinski definition) is 2. The van der Waals surface area contributed by atoms with E-state index in [4.69, 9.17) is 5.73 Å². The van der Waals surface area contributed by atoms with Crippen molar-refractivity contribution in [3.05, 3.63) is 23.8 Å². The van der Waals surface area contributed by atoms with Gasteiger partial charge in [0.05, 0.1) is 4.90 Å². The second-order valence-corrected chi connectivity index (χ2v) is 7.73. The third-order valence-electron chi connectivity index (χ3n) is 4.39. The summed E-state index contributed by atoms with van der Waals surface area (Å²) in [5.41, 5.74) is 7.38. The number of benzene rings is 1. The Hall–Kier alpha value is -1.44. The van der Waals surface area contributed by atoms with Crippen molar-refractivity contribution in [1.29, 1.82) is 0 Å². The third kappa shape index (κ3) is 2.88. The molecular weight excluding hydrogens is 302 g/mol. The first kappa shape index (κ1) is 15.5. The van der Waals surface area contributed by atoms with Crippen molar-refractivity contribution in [1.82, 2.24) is 4.72 Å². The SMILES string of the molecule is CC(=O)N1CCc2ccc(S(=O)(=O)NC(CN)C3CC3)cc21. The van der Waals surface area contributed by atoms with Crippen molar-refractivity contribution in [2.75, 3.05) is 18.0 Å². The van der Waals surface area contributed by atoms with E-state index in [0.717, 1.165) is 24.8 Å². The Labute approximate surface area is 130 Å². The van der Waals surface area contributed by atoms with Crippen LogP contribution in [-0.2, 0) is 21.2 Å². The van der Waals surface area contributed by atoms with Gasteiger partial charge >= 0.3 is 0 Å². The lowest BCUT2D eigenvalue weighted by Gasteiger charge is -2.18. The summed E-state index contributed by atoms with van der Waals surface area (Å²) in [5.74, 6) is 0.280. The first-order chi connectivity index (χ1) is 10.4. The van der Waals surface area contributed by atoms with Crippen LogP contribution in [0.4, 0.5) is 5.69 Å². The number of nitrogens with one attached hydrogen (secondary N) is 1. The molecule has 0 aromatic heterocycles. The molecule has 3 rings (SSSR count). The van der Waals surface area contributed by atoms with Crippen LogP contribution >= 0.6 is 0 Å². The predicted octanol–water partition coefficient (Wildman–Crippen LogP) is 0.611. The summed E-state index contributed by atoms with van der Waals surface area (Å²) < 4.78 is 27.8. The molecule has 6 nitrogen and oxygen atoms in total. The maximum atomic E-state index is 12.5. The summed E-state index contributed by atoms with van der Waals surface area (Å²) in [6.45, 7) is 2.40. The summed E-state index contributed by atoms with van der Waals surface area (Å²) in [7, 11) is -3.62. The molecule has 1 fully saturated rings. The average molecular weight is 323 g/mol. The lowest BCUT2D eigenvalue weighted by atomic mass is 10.2. The van der Waals surface area contributed by atoms with Crippen LogP contribution in [-0.4, -0.2) is 33.5 Å². The van der Waals surface area contributed by atoms with Crippen molar-refractivity contribution in [3.8, 4) is 0 Å². The number of nitrogens with two attached hydrogens (primary N) is 1. The molecule has 1 aromatic rings. The topological polar surface area (TPSA) is 92.5 Å². The molecule has 1 aromatic carbocycles. The summed E-state index contributed by atoms with van der Waals surface area (Å²) >= 11 is 0. The van der Waals surface area contributed by atoms with E-state index in [1.807, 2.05) is 0 Å². The van der Waals surface area contributed by atoms with Gasteiger partial charge in [-0.3, -0.25) is 4.79 Å². The molecule has 7 heteroatoms. The summed E-state index contributed by atoms with van der Waals surface area (Å²) in [6.07, 6.45) is 2.80. The fourth-order valence-electron chi connectivity index (χ4n) is 2.96. The fraction of sp³-hybridized carbons (Fsp3) is 0.533. The second-order valence-electron chi connectivity index (χ2n) is 6.01. The molecule has 0 bridgehead atoms. The first-order valence-electron chi connectivity index (χ1n) is 7.56. The van der Waals surface area contributed by atoms with Gasteiger partial charge in [-0.15, -0.1) is 0 Å². The molecule has 3 N–H and O–H groups in total. The van der Waals surface area contributed by atoms with Crippen LogP contribution < -0.4 is 15.4 Å². The lowest BCUT2D eigenvalue weighted by molar-refractivity contribution is -0.116. The molecule has 120 valence electrons. The van der Waals surface area contributed by atoms with Crippen molar-refractivity contribution in [3.63, 3.8) is 0 Å². The minimum absolute atomic E-state index is 0.0703. The maximum Gasteiger partial charge on any atom is 0.240 e. The number of amides is 1. The molecule has 1 amide bonds. The van der Waals surface area contributed by atoms with Gasteiger partial charge in [0.1, 0.15) is 0 Å². The van der Waals surface area contributed by atoms with E-state index in [2.05, 4.69) is 4.72 Å². The molecule has 0 spiro atoms. The number of nitrogens with zero attached hydrogens (tertiary/aromatic N) is 1. The molecule has 1 aliphatic heterocycles. The zero-order valence-corrected chi connectivity index (χ0v) is 13.4. The first-order valence-corrected chi connectivity index (χ1v) is 9.04. The van der Waals surface area contributed by atoms with Crippen LogP contribution in [0.3, 0.4) is 0 Å². The van der Waals surface area contributed by atoms with E-state index in [9.17, 15) is 13.2 Å². The van der Waals surface area contributed by atoms with Crippen molar-refractivity contribution < 1.29 is 13.2 Å². The Bertz CT molecular complexity index is 698. The molecule has 1 aliphatic carbocycles. The molecule has 1 heterocycles. The Kier molecular flexibility index (Phi) is 3.96. The van der Waals surface area contributed by atoms with Crippen LogP contribution in [0.1, 0.15) is 25.3 Å². The van der Waals surface area contributed by atoms with Crippen LogP contribution in [0, 0.1) is 5.92 Å². The normalized spacial score (nSPS) is 19.1. The molecule has 1 saturated carbocycles. The van der Waals surface area contributed by atoms with E-state index in [1.54, 1.807) is 23.1 Å². The van der Waals surface area contributed by atoms with E-state index in [1.165, 1.54) is 6.92 Å². The zero-order valence-electron chi connectivity index (χ0n) is 12.6. The maximum absolute atomic E-state index is 12.5. The quantitative estimate of drug-likeness (QED) is 0.830. The van der Waals surface area contributed by atoms with Crippen LogP contribution in [0.5, 0.6) is 0 Å². The van der Waals surface area contributed by atoms with Crippen LogP contribution in [0.2, 0.25) is 0 Å². The number of sulfonamides is 1. The smallest absolute Gasteiger partial charge is 0.240 e. The molecule has 0 saturated heterocycles. The summed E-state index contributed by atoms with van der Waals surface area (Å²) in [6, 6.07) is 4.78. The van der Waals surface area contributed by atoms with E-state index < -0.39 is 10.0 Å². The molecular formula is C15H21N3O3S. The number of rotatable bonds is 5. The number of fused-ring (bicyclic) bond motifs is 1. The van der Waals surface area contributed by atoms with Gasteiger partial charge in [0.2, 0.25) is 15.9 Å². The average Bonchev–Trinajstić information content (AvgIpc) is 3.22. The van der Waals surface area contributed by atoms with Gasteiger partial charge in [-0.2, -0.15) is 0 Å². The highest BCUT2D eigenvalue weighted by molar-refractivity contribution is 7.89. The Morgan fingerprint density at radius 2 is 2.18 bits per heavy atom. The van der Waals surface area contributed by atoms with Gasteiger partial charge < -0.3 is 10.6 Å². The molecule has 0 radical (unpaired) electrons. The number of hydrogen-bond acceptors (Lipinski definition) is 4. The highest BCUT2D eigenvalue weighted by Crippen LogP contribution is 2.34. The number of carbonyl (C=O) groups excluding carboxylic acids is 1. The number of anilines is 1. The monoisotopic (exact) mass is 323 g/mol. The Morgan fingerprint density at radius 3 is 2.77 bits per heavy atom. The fourth-order valence-corrected chi connectivity index (χ4v) is 4.29. The third-order valence-corrected chi connectivity index (χ3v) is 5.88. The van der Waals surface area contributed by atoms with Gasteiger partial charge in [0.25, 0.3) is 0 Å². The van der Waals surface area contributed by atoms with Gasteiger partial charge in [0, 0.05) is 31.7 Å². The second kappa shape index (κ2) is 5.64. The zero-order chi connectivity index (χ0) is 15.9. The summed E-state index contributed by atoms with van der Waals surface area (Å²) in [5, 5.41) is 0. The van der Waals surface area contributed by atoms with Crippen LogP contribution in [0.15, 0.2) is 23.1 Å². The van der Waals surface area contributed by atoms with Crippen LogP contribution in [0.25, 0.3) is 0 Å². The Morgan fingerprint density at radius 1 is 1.45 bits per heavy atom. The summed E-state index contributed by atoms with van der Waals surface area (Å²) in [4.78, 5) is 13.4. The Balaban J connectivity index is 1.88. The van der Waals surface area contributed by atoms with E-state index in [0.29, 0.717) is 24.7 Å². The minimum Gasteiger partial charge on any atom is -0.329 e. The largest absolute Gasteiger partial charge is 0.329 e. The standard InChI is InChI=1S/C15H21N3O3S/c1-10(19)18-7-6-12-4-5-13(8-15(12)18)22(20,21)17-14(9-16)11-2-3-11/h4-5,8,11,14,17H,2-3,6-7,9,16H2,1H3. The van der Waals surface area contributed by atoms with Crippen molar-refractivity contribution in [2.45, 2.75) is 37.1 Å². The molecule has 1 unspecified atom stereocenters. The van der Waals surface area contributed by atoms with E-state index >= 15 is 0 Å². The molecule has 1 atom stereocenters. The molecule has 22 heavy (non-hydrogen) atoms. The minimum atomic E-state index is -3.62. The highest BCUT2D eigenvalue weighted by Gasteiger charge is 2.34. The van der Waals surface area contributed by atoms with Crippen molar-refractivity contribution in [2.24, 2.45) is 11.7 Å². The van der Waals surface area contributed by atoms with Gasteiger partial charge in [0.15, 0.2) is 0 Å². The van der Waals surface area contributed by atoms with Gasteiger partial charge in [-0.25, -0.2) is 13.1 Å². The van der Waals surface area contributed by atoms with E-state index in [-0.39, 0.29) is 16.8 Å². The molecule has 2 aliphatic rings. The predicted molar refractivity (Wildman–Crippen MR) is 84.1 cm³/mol. The highest BCUT2D eigenvalue weighted by atomic mass is 32.2. The van der Waals surface area contributed by atoms with Gasteiger partial charge in [-0.05, 0) is 42.9 Å². The lowest BCUT2D eigenvalue weighted by Crippen LogP contribution is -2.41.